The summed E-state index contributed by atoms with van der Waals surface area (Å²) in [6.07, 6.45) is 0.760. The normalized spacial score (nSPS) is 10.8. The SMILES string of the molecule is Cc1nc(NCc2ccccc2)nc2c1ccc(=O)n2-c1ccc(C(=O)NCCc2ccccc2)cc1. The van der Waals surface area contributed by atoms with Crippen LogP contribution in [0.1, 0.15) is 27.2 Å². The summed E-state index contributed by atoms with van der Waals surface area (Å²) in [5, 5.41) is 7.00. The molecule has 2 aromatic heterocycles. The summed E-state index contributed by atoms with van der Waals surface area (Å²) in [4.78, 5) is 34.8. The number of aromatic nitrogens is 3. The van der Waals surface area contributed by atoms with Gasteiger partial charge in [0.25, 0.3) is 11.5 Å². The molecule has 7 nitrogen and oxygen atoms in total. The summed E-state index contributed by atoms with van der Waals surface area (Å²) < 4.78 is 1.55. The fraction of sp³-hybridized carbons (Fsp3) is 0.133. The van der Waals surface area contributed by atoms with Crippen molar-refractivity contribution in [3.63, 3.8) is 0 Å². The molecule has 0 saturated heterocycles. The van der Waals surface area contributed by atoms with E-state index >= 15 is 0 Å². The van der Waals surface area contributed by atoms with Crippen molar-refractivity contribution in [2.75, 3.05) is 11.9 Å². The minimum Gasteiger partial charge on any atom is -0.352 e. The van der Waals surface area contributed by atoms with Crippen molar-refractivity contribution < 1.29 is 4.79 Å². The zero-order valence-electron chi connectivity index (χ0n) is 20.5. The highest BCUT2D eigenvalue weighted by molar-refractivity contribution is 5.94. The van der Waals surface area contributed by atoms with Crippen LogP contribution in [0.4, 0.5) is 5.95 Å². The van der Waals surface area contributed by atoms with Gasteiger partial charge in [0.1, 0.15) is 0 Å². The van der Waals surface area contributed by atoms with Crippen molar-refractivity contribution in [1.82, 2.24) is 19.9 Å². The zero-order chi connectivity index (χ0) is 25.6. The van der Waals surface area contributed by atoms with Crippen molar-refractivity contribution in [2.45, 2.75) is 19.9 Å². The van der Waals surface area contributed by atoms with Gasteiger partial charge in [0.05, 0.1) is 11.4 Å². The molecule has 184 valence electrons. The summed E-state index contributed by atoms with van der Waals surface area (Å²) in [6.45, 7) is 3.01. The molecule has 5 aromatic rings. The van der Waals surface area contributed by atoms with E-state index < -0.39 is 0 Å². The second kappa shape index (κ2) is 10.9. The highest BCUT2D eigenvalue weighted by Crippen LogP contribution is 2.20. The Morgan fingerprint density at radius 3 is 2.19 bits per heavy atom. The molecular formula is C30H27N5O2. The van der Waals surface area contributed by atoms with E-state index in [1.807, 2.05) is 67.6 Å². The molecule has 0 bridgehead atoms. The Morgan fingerprint density at radius 1 is 0.811 bits per heavy atom. The molecular weight excluding hydrogens is 462 g/mol. The quantitative estimate of drug-likeness (QED) is 0.331. The molecule has 3 aromatic carbocycles. The van der Waals surface area contributed by atoms with Crippen LogP contribution < -0.4 is 16.2 Å². The van der Waals surface area contributed by atoms with Gasteiger partial charge in [0.15, 0.2) is 5.65 Å². The maximum Gasteiger partial charge on any atom is 0.256 e. The minimum atomic E-state index is -0.209. The number of nitrogens with one attached hydrogen (secondary N) is 2. The first-order valence-electron chi connectivity index (χ1n) is 12.2. The number of aryl methyl sites for hydroxylation is 1. The molecule has 37 heavy (non-hydrogen) atoms. The number of benzene rings is 3. The van der Waals surface area contributed by atoms with Crippen molar-refractivity contribution in [1.29, 1.82) is 0 Å². The highest BCUT2D eigenvalue weighted by atomic mass is 16.1. The second-order valence-corrected chi connectivity index (χ2v) is 8.75. The van der Waals surface area contributed by atoms with E-state index in [9.17, 15) is 9.59 Å². The number of nitrogens with zero attached hydrogens (tertiary/aromatic N) is 3. The van der Waals surface area contributed by atoms with Gasteiger partial charge < -0.3 is 10.6 Å². The Hall–Kier alpha value is -4.78. The van der Waals surface area contributed by atoms with Gasteiger partial charge >= 0.3 is 0 Å². The van der Waals surface area contributed by atoms with Crippen molar-refractivity contribution in [3.05, 3.63) is 130 Å². The molecule has 0 aliphatic carbocycles. The van der Waals surface area contributed by atoms with Gasteiger partial charge in [0.2, 0.25) is 5.95 Å². The van der Waals surface area contributed by atoms with Gasteiger partial charge in [-0.1, -0.05) is 60.7 Å². The summed E-state index contributed by atoms with van der Waals surface area (Å²) in [7, 11) is 0. The summed E-state index contributed by atoms with van der Waals surface area (Å²) in [6, 6.07) is 30.2. The lowest BCUT2D eigenvalue weighted by molar-refractivity contribution is 0.0954. The number of anilines is 1. The number of hydrogen-bond acceptors (Lipinski definition) is 5. The number of hydrogen-bond donors (Lipinski definition) is 2. The molecule has 2 heterocycles. The van der Waals surface area contributed by atoms with E-state index in [0.29, 0.717) is 35.9 Å². The van der Waals surface area contributed by atoms with Gasteiger partial charge in [-0.2, -0.15) is 4.98 Å². The average molecular weight is 490 g/mol. The molecule has 0 unspecified atom stereocenters. The van der Waals surface area contributed by atoms with Crippen LogP contribution in [0.25, 0.3) is 16.7 Å². The van der Waals surface area contributed by atoms with Gasteiger partial charge in [0, 0.05) is 30.1 Å². The van der Waals surface area contributed by atoms with Gasteiger partial charge in [-0.3, -0.25) is 14.2 Å². The predicted octanol–water partition coefficient (Wildman–Crippen LogP) is 4.67. The fourth-order valence-electron chi connectivity index (χ4n) is 4.20. The van der Waals surface area contributed by atoms with Gasteiger partial charge in [-0.05, 0) is 54.8 Å². The number of rotatable bonds is 8. The molecule has 0 spiro atoms. The lowest BCUT2D eigenvalue weighted by Gasteiger charge is -2.13. The van der Waals surface area contributed by atoms with E-state index in [4.69, 9.17) is 0 Å². The average Bonchev–Trinajstić information content (AvgIpc) is 2.93. The molecule has 0 atom stereocenters. The fourth-order valence-corrected chi connectivity index (χ4v) is 4.20. The summed E-state index contributed by atoms with van der Waals surface area (Å²) in [5.74, 6) is 0.293. The summed E-state index contributed by atoms with van der Waals surface area (Å²) in [5.41, 5.74) is 4.50. The standard InChI is InChI=1S/C30H27N5O2/c1-21-26-16-17-27(36)35(28(26)34-30(33-21)32-20-23-10-6-3-7-11-23)25-14-12-24(13-15-25)29(37)31-19-18-22-8-4-2-5-9-22/h2-17H,18-20H2,1H3,(H,31,37)(H,32,33,34). The maximum atomic E-state index is 12.9. The van der Waals surface area contributed by atoms with Crippen LogP contribution in [0.5, 0.6) is 0 Å². The largest absolute Gasteiger partial charge is 0.352 e. The topological polar surface area (TPSA) is 88.9 Å². The van der Waals surface area contributed by atoms with Crippen molar-refractivity contribution >= 4 is 22.9 Å². The monoisotopic (exact) mass is 489 g/mol. The maximum absolute atomic E-state index is 12.9. The molecule has 7 heteroatoms. The lowest BCUT2D eigenvalue weighted by atomic mass is 10.1. The first kappa shape index (κ1) is 23.9. The Bertz CT molecular complexity index is 1580. The Morgan fingerprint density at radius 2 is 1.49 bits per heavy atom. The molecule has 5 rings (SSSR count). The molecule has 0 aliphatic heterocycles. The molecule has 1 amide bonds. The van der Waals surface area contributed by atoms with E-state index in [1.54, 1.807) is 34.9 Å². The van der Waals surface area contributed by atoms with Gasteiger partial charge in [-0.15, -0.1) is 0 Å². The van der Waals surface area contributed by atoms with Gasteiger partial charge in [-0.25, -0.2) is 4.98 Å². The molecule has 0 fully saturated rings. The highest BCUT2D eigenvalue weighted by Gasteiger charge is 2.13. The van der Waals surface area contributed by atoms with E-state index in [2.05, 4.69) is 20.6 Å². The molecule has 2 N–H and O–H groups in total. The van der Waals surface area contributed by atoms with E-state index in [1.165, 1.54) is 11.6 Å². The first-order chi connectivity index (χ1) is 18.1. The number of pyridine rings is 1. The van der Waals surface area contributed by atoms with Crippen LogP contribution in [-0.2, 0) is 13.0 Å². The molecule has 0 saturated carbocycles. The smallest absolute Gasteiger partial charge is 0.256 e. The number of carbonyl (C=O) groups excluding carboxylic acids is 1. The third kappa shape index (κ3) is 5.56. The van der Waals surface area contributed by atoms with Crippen molar-refractivity contribution in [2.24, 2.45) is 0 Å². The van der Waals surface area contributed by atoms with Crippen LogP contribution in [0.3, 0.4) is 0 Å². The van der Waals surface area contributed by atoms with E-state index in [-0.39, 0.29) is 11.5 Å². The first-order valence-corrected chi connectivity index (χ1v) is 12.2. The Kier molecular flexibility index (Phi) is 7.03. The third-order valence-electron chi connectivity index (χ3n) is 6.16. The van der Waals surface area contributed by atoms with Crippen LogP contribution >= 0.6 is 0 Å². The Balaban J connectivity index is 1.37. The minimum absolute atomic E-state index is 0.154. The third-order valence-corrected chi connectivity index (χ3v) is 6.16. The van der Waals surface area contributed by atoms with Crippen molar-refractivity contribution in [3.8, 4) is 5.69 Å². The predicted molar refractivity (Wildman–Crippen MR) is 146 cm³/mol. The Labute approximate surface area is 214 Å². The van der Waals surface area contributed by atoms with Crippen LogP contribution in [0, 0.1) is 6.92 Å². The summed E-state index contributed by atoms with van der Waals surface area (Å²) >= 11 is 0. The second-order valence-electron chi connectivity index (χ2n) is 8.75. The lowest BCUT2D eigenvalue weighted by Crippen LogP contribution is -2.25. The number of amides is 1. The van der Waals surface area contributed by atoms with Crippen LogP contribution in [0.2, 0.25) is 0 Å². The number of carbonyl (C=O) groups is 1. The van der Waals surface area contributed by atoms with E-state index in [0.717, 1.165) is 23.1 Å². The molecule has 0 aliphatic rings. The number of fused-ring (bicyclic) bond motifs is 1. The molecule has 0 radical (unpaired) electrons. The van der Waals surface area contributed by atoms with Crippen LogP contribution in [-0.4, -0.2) is 27.0 Å². The van der Waals surface area contributed by atoms with Crippen LogP contribution in [0.15, 0.2) is 102 Å². The zero-order valence-corrected chi connectivity index (χ0v) is 20.5.